The Labute approximate surface area is 248 Å². The molecule has 41 heavy (non-hydrogen) atoms. The summed E-state index contributed by atoms with van der Waals surface area (Å²) in [5.74, 6) is 2.28. The van der Waals surface area contributed by atoms with Crippen molar-refractivity contribution in [3.05, 3.63) is 47.5 Å². The van der Waals surface area contributed by atoms with Crippen molar-refractivity contribution in [3.63, 3.8) is 0 Å². The average molecular weight is 559 g/mol. The van der Waals surface area contributed by atoms with Crippen molar-refractivity contribution in [2.75, 3.05) is 0 Å². The highest BCUT2D eigenvalue weighted by Crippen LogP contribution is 2.65. The third-order valence-corrected chi connectivity index (χ3v) is 13.1. The summed E-state index contributed by atoms with van der Waals surface area (Å²) in [5.41, 5.74) is 2.89. The largest absolute Gasteiger partial charge is 0.349 e. The van der Waals surface area contributed by atoms with Gasteiger partial charge in [-0.1, -0.05) is 78.8 Å². The van der Waals surface area contributed by atoms with E-state index in [1.807, 2.05) is 0 Å². The van der Waals surface area contributed by atoms with Crippen molar-refractivity contribution < 1.29 is 9.59 Å². The van der Waals surface area contributed by atoms with Gasteiger partial charge in [-0.15, -0.1) is 0 Å². The van der Waals surface area contributed by atoms with E-state index in [-0.39, 0.29) is 39.7 Å². The minimum absolute atomic E-state index is 0.0384. The summed E-state index contributed by atoms with van der Waals surface area (Å²) in [6.45, 7) is 16.4. The van der Waals surface area contributed by atoms with Gasteiger partial charge in [0.1, 0.15) is 0 Å². The number of carbonyl (C=O) groups excluding carboxylic acids is 2. The Hall–Kier alpha value is -2.10. The SMILES string of the molecule is CC1(C)CCC(NC(=O)C2CC[C@H]3[C@@H]4CCC5NC(=O)C=C[C@]5(C)[C@@H]4CC[C@]23C)(c2ccc(C(C)(C)C)cc2)CC1. The predicted octanol–water partition coefficient (Wildman–Crippen LogP) is 7.81. The summed E-state index contributed by atoms with van der Waals surface area (Å²) < 4.78 is 0. The van der Waals surface area contributed by atoms with Gasteiger partial charge in [-0.25, -0.2) is 0 Å². The lowest BCUT2D eigenvalue weighted by molar-refractivity contribution is -0.136. The number of hydrogen-bond donors (Lipinski definition) is 2. The smallest absolute Gasteiger partial charge is 0.243 e. The zero-order valence-electron chi connectivity index (χ0n) is 26.7. The first-order chi connectivity index (χ1) is 19.2. The summed E-state index contributed by atoms with van der Waals surface area (Å²) in [5, 5.41) is 7.06. The van der Waals surface area contributed by atoms with E-state index < -0.39 is 0 Å². The third kappa shape index (κ3) is 4.80. The fourth-order valence-electron chi connectivity index (χ4n) is 10.2. The molecule has 0 radical (unpaired) electrons. The van der Waals surface area contributed by atoms with E-state index in [2.05, 4.69) is 89.4 Å². The summed E-state index contributed by atoms with van der Waals surface area (Å²) in [6, 6.07) is 9.44. The Morgan fingerprint density at radius 1 is 0.854 bits per heavy atom. The van der Waals surface area contributed by atoms with E-state index in [4.69, 9.17) is 0 Å². The lowest BCUT2D eigenvalue weighted by atomic mass is 9.48. The van der Waals surface area contributed by atoms with Gasteiger partial charge in [-0.2, -0.15) is 0 Å². The quantitative estimate of drug-likeness (QED) is 0.397. The maximum Gasteiger partial charge on any atom is 0.243 e. The Morgan fingerprint density at radius 3 is 2.20 bits per heavy atom. The fourth-order valence-corrected chi connectivity index (χ4v) is 10.2. The van der Waals surface area contributed by atoms with Crippen molar-refractivity contribution in [1.82, 2.24) is 10.6 Å². The lowest BCUT2D eigenvalue weighted by Crippen LogP contribution is -2.60. The van der Waals surface area contributed by atoms with Crippen LogP contribution in [0.5, 0.6) is 0 Å². The van der Waals surface area contributed by atoms with Crippen molar-refractivity contribution in [2.24, 2.45) is 39.9 Å². The number of hydrogen-bond acceptors (Lipinski definition) is 2. The molecule has 0 aromatic heterocycles. The van der Waals surface area contributed by atoms with Crippen LogP contribution >= 0.6 is 0 Å². The first-order valence-corrected chi connectivity index (χ1v) is 16.6. The minimum atomic E-state index is -0.273. The summed E-state index contributed by atoms with van der Waals surface area (Å²) >= 11 is 0. The molecule has 0 saturated heterocycles. The predicted molar refractivity (Wildman–Crippen MR) is 166 cm³/mol. The van der Waals surface area contributed by atoms with Gasteiger partial charge in [0.25, 0.3) is 0 Å². The number of carbonyl (C=O) groups is 2. The second kappa shape index (κ2) is 9.71. The Kier molecular flexibility index (Phi) is 6.87. The zero-order valence-corrected chi connectivity index (χ0v) is 26.7. The minimum Gasteiger partial charge on any atom is -0.349 e. The molecular formula is C37H54N2O2. The normalized spacial score (nSPS) is 39.2. The first kappa shape index (κ1) is 29.0. The van der Waals surface area contributed by atoms with Gasteiger partial charge >= 0.3 is 0 Å². The van der Waals surface area contributed by atoms with Crippen LogP contribution in [0.4, 0.5) is 0 Å². The molecule has 7 atom stereocenters. The molecule has 5 aliphatic rings. The molecule has 4 saturated carbocycles. The summed E-state index contributed by atoms with van der Waals surface area (Å²) in [7, 11) is 0. The van der Waals surface area contributed by atoms with Crippen LogP contribution in [0.3, 0.4) is 0 Å². The molecule has 0 bridgehead atoms. The number of amides is 2. The van der Waals surface area contributed by atoms with Crippen LogP contribution in [0.15, 0.2) is 36.4 Å². The summed E-state index contributed by atoms with van der Waals surface area (Å²) in [4.78, 5) is 26.6. The number of rotatable bonds is 3. The van der Waals surface area contributed by atoms with Crippen LogP contribution in [0.2, 0.25) is 0 Å². The third-order valence-electron chi connectivity index (χ3n) is 13.1. The van der Waals surface area contributed by atoms with E-state index in [0.717, 1.165) is 57.8 Å². The lowest BCUT2D eigenvalue weighted by Gasteiger charge is -2.58. The maximum atomic E-state index is 14.5. The maximum absolute atomic E-state index is 14.5. The van der Waals surface area contributed by atoms with Gasteiger partial charge in [0.15, 0.2) is 0 Å². The van der Waals surface area contributed by atoms with E-state index in [9.17, 15) is 9.59 Å². The molecule has 1 aliphatic heterocycles. The highest BCUT2D eigenvalue weighted by Gasteiger charge is 2.61. The molecule has 4 aliphatic carbocycles. The van der Waals surface area contributed by atoms with Gasteiger partial charge in [-0.3, -0.25) is 9.59 Å². The van der Waals surface area contributed by atoms with E-state index in [0.29, 0.717) is 29.1 Å². The van der Waals surface area contributed by atoms with Gasteiger partial charge in [0, 0.05) is 17.4 Å². The molecule has 4 heteroatoms. The molecule has 2 N–H and O–H groups in total. The van der Waals surface area contributed by atoms with Gasteiger partial charge in [-0.05, 0) is 115 Å². The van der Waals surface area contributed by atoms with Crippen LogP contribution in [0, 0.1) is 39.9 Å². The first-order valence-electron chi connectivity index (χ1n) is 16.6. The molecule has 2 unspecified atom stereocenters. The standard InChI is InChI=1S/C37H54N2O2/c1-33(2,3)24-8-10-25(11-9-24)37(22-20-34(4,5)21-23-37)39-32(41)29-14-13-27-26-12-15-30-36(7,19-17-31(40)38-30)28(26)16-18-35(27,29)6/h8-11,17,19,26-30H,12-16,18,20-23H2,1-7H3,(H,38,40)(H,39,41)/t26-,27-,28+,29?,30?,35-,36+/m0/s1. The second-order valence-corrected chi connectivity index (χ2v) is 17.0. The van der Waals surface area contributed by atoms with Gasteiger partial charge in [0.2, 0.25) is 11.8 Å². The average Bonchev–Trinajstić information content (AvgIpc) is 3.27. The highest BCUT2D eigenvalue weighted by atomic mass is 16.2. The molecule has 0 spiro atoms. The molecule has 4 nitrogen and oxygen atoms in total. The van der Waals surface area contributed by atoms with E-state index in [1.54, 1.807) is 6.08 Å². The Balaban J connectivity index is 1.24. The fraction of sp³-hybridized carbons (Fsp3) is 0.730. The van der Waals surface area contributed by atoms with Crippen molar-refractivity contribution in [1.29, 1.82) is 0 Å². The summed E-state index contributed by atoms with van der Waals surface area (Å²) in [6.07, 6.45) is 15.0. The number of nitrogens with one attached hydrogen (secondary N) is 2. The van der Waals surface area contributed by atoms with E-state index in [1.165, 1.54) is 17.5 Å². The molecule has 2 amide bonds. The van der Waals surface area contributed by atoms with Gasteiger partial charge in [0.05, 0.1) is 5.54 Å². The Bertz CT molecular complexity index is 1210. The second-order valence-electron chi connectivity index (χ2n) is 17.0. The topological polar surface area (TPSA) is 58.2 Å². The van der Waals surface area contributed by atoms with Gasteiger partial charge < -0.3 is 10.6 Å². The molecule has 4 fully saturated rings. The van der Waals surface area contributed by atoms with Crippen LogP contribution in [0.1, 0.15) is 124 Å². The van der Waals surface area contributed by atoms with Crippen molar-refractivity contribution in [3.8, 4) is 0 Å². The monoisotopic (exact) mass is 558 g/mol. The van der Waals surface area contributed by atoms with Crippen molar-refractivity contribution in [2.45, 2.75) is 130 Å². The molecule has 6 rings (SSSR count). The Morgan fingerprint density at radius 2 is 1.54 bits per heavy atom. The molecule has 224 valence electrons. The zero-order chi connectivity index (χ0) is 29.4. The van der Waals surface area contributed by atoms with Crippen LogP contribution in [-0.4, -0.2) is 17.9 Å². The molecular weight excluding hydrogens is 504 g/mol. The molecule has 1 heterocycles. The van der Waals surface area contributed by atoms with Crippen molar-refractivity contribution >= 4 is 11.8 Å². The van der Waals surface area contributed by atoms with Crippen LogP contribution < -0.4 is 10.6 Å². The number of fused-ring (bicyclic) bond motifs is 5. The van der Waals surface area contributed by atoms with Crippen LogP contribution in [-0.2, 0) is 20.5 Å². The number of benzene rings is 1. The van der Waals surface area contributed by atoms with E-state index >= 15 is 0 Å². The van der Waals surface area contributed by atoms with Crippen LogP contribution in [0.25, 0.3) is 0 Å². The molecule has 1 aromatic rings. The molecule has 1 aromatic carbocycles. The highest BCUT2D eigenvalue weighted by molar-refractivity contribution is 5.89.